The van der Waals surface area contributed by atoms with E-state index < -0.39 is 0 Å². The van der Waals surface area contributed by atoms with E-state index >= 15 is 0 Å². The number of hydrogen-bond donors (Lipinski definition) is 1. The maximum atomic E-state index is 6.31. The smallest absolute Gasteiger partial charge is 0.0624 e. The van der Waals surface area contributed by atoms with E-state index in [0.717, 1.165) is 18.5 Å². The number of nitrogens with one attached hydrogen (secondary N) is 1. The summed E-state index contributed by atoms with van der Waals surface area (Å²) in [6.45, 7) is 9.91. The molecule has 1 aromatic rings. The van der Waals surface area contributed by atoms with Crippen molar-refractivity contribution in [3.63, 3.8) is 0 Å². The van der Waals surface area contributed by atoms with Crippen LogP contribution in [0.2, 0.25) is 10.0 Å². The Kier molecular flexibility index (Phi) is 6.65. The molecule has 0 saturated carbocycles. The summed E-state index contributed by atoms with van der Waals surface area (Å²) in [5.41, 5.74) is 1.36. The van der Waals surface area contributed by atoms with Gasteiger partial charge in [0.05, 0.1) is 10.0 Å². The van der Waals surface area contributed by atoms with Crippen molar-refractivity contribution in [2.24, 2.45) is 5.41 Å². The van der Waals surface area contributed by atoms with E-state index in [4.69, 9.17) is 23.2 Å². The lowest BCUT2D eigenvalue weighted by molar-refractivity contribution is 0.267. The second-order valence-corrected chi connectivity index (χ2v) is 6.77. The maximum absolute atomic E-state index is 6.31. The van der Waals surface area contributed by atoms with E-state index in [2.05, 4.69) is 39.1 Å². The first-order valence-corrected chi connectivity index (χ1v) is 7.80. The van der Waals surface area contributed by atoms with Crippen LogP contribution in [0.25, 0.3) is 0 Å². The van der Waals surface area contributed by atoms with Gasteiger partial charge in [0.1, 0.15) is 0 Å². The van der Waals surface area contributed by atoms with Gasteiger partial charge in [0.2, 0.25) is 0 Å². The zero-order chi connectivity index (χ0) is 14.5. The zero-order valence-electron chi connectivity index (χ0n) is 12.4. The lowest BCUT2D eigenvalue weighted by Gasteiger charge is -2.31. The van der Waals surface area contributed by atoms with Crippen molar-refractivity contribution in [3.8, 4) is 0 Å². The molecule has 1 rings (SSSR count). The van der Waals surface area contributed by atoms with Crippen molar-refractivity contribution in [2.75, 3.05) is 6.54 Å². The molecule has 19 heavy (non-hydrogen) atoms. The maximum Gasteiger partial charge on any atom is 0.0624 e. The first-order valence-electron chi connectivity index (χ1n) is 7.04. The third kappa shape index (κ3) is 5.33. The van der Waals surface area contributed by atoms with Gasteiger partial charge >= 0.3 is 0 Å². The summed E-state index contributed by atoms with van der Waals surface area (Å²) in [5, 5.41) is 4.90. The average Bonchev–Trinajstić information content (AvgIpc) is 2.33. The van der Waals surface area contributed by atoms with Gasteiger partial charge in [0.15, 0.2) is 0 Å². The highest BCUT2D eigenvalue weighted by molar-refractivity contribution is 6.42. The molecule has 0 amide bonds. The standard InChI is InChI=1S/C16H25Cl2N/c1-5-9-16(4,11-19-12(2)3)10-13-7-6-8-14(17)15(13)18/h6-8,12,19H,5,9-11H2,1-4H3. The van der Waals surface area contributed by atoms with Crippen LogP contribution in [0.15, 0.2) is 18.2 Å². The molecule has 1 aromatic carbocycles. The van der Waals surface area contributed by atoms with E-state index in [0.29, 0.717) is 16.1 Å². The quantitative estimate of drug-likeness (QED) is 0.717. The van der Waals surface area contributed by atoms with Crippen LogP contribution in [0.5, 0.6) is 0 Å². The Bertz CT molecular complexity index is 404. The molecule has 3 heteroatoms. The van der Waals surface area contributed by atoms with Crippen molar-refractivity contribution in [2.45, 2.75) is 53.0 Å². The molecule has 1 N–H and O–H groups in total. The van der Waals surface area contributed by atoms with Crippen LogP contribution in [0, 0.1) is 5.41 Å². The molecule has 1 unspecified atom stereocenters. The molecule has 0 aliphatic heterocycles. The monoisotopic (exact) mass is 301 g/mol. The minimum Gasteiger partial charge on any atom is -0.314 e. The van der Waals surface area contributed by atoms with Gasteiger partial charge < -0.3 is 5.32 Å². The Morgan fingerprint density at radius 2 is 1.95 bits per heavy atom. The Morgan fingerprint density at radius 1 is 1.26 bits per heavy atom. The minimum atomic E-state index is 0.216. The number of halogens is 2. The van der Waals surface area contributed by atoms with E-state index in [9.17, 15) is 0 Å². The fraction of sp³-hybridized carbons (Fsp3) is 0.625. The van der Waals surface area contributed by atoms with Crippen LogP contribution < -0.4 is 5.32 Å². The topological polar surface area (TPSA) is 12.0 Å². The van der Waals surface area contributed by atoms with Gasteiger partial charge in [-0.15, -0.1) is 0 Å². The lowest BCUT2D eigenvalue weighted by Crippen LogP contribution is -2.37. The normalized spacial score (nSPS) is 14.7. The van der Waals surface area contributed by atoms with Crippen LogP contribution in [-0.4, -0.2) is 12.6 Å². The molecule has 0 heterocycles. The van der Waals surface area contributed by atoms with Crippen molar-refractivity contribution in [1.29, 1.82) is 0 Å². The van der Waals surface area contributed by atoms with Gasteiger partial charge in [-0.2, -0.15) is 0 Å². The van der Waals surface area contributed by atoms with Crippen LogP contribution >= 0.6 is 23.2 Å². The number of hydrogen-bond acceptors (Lipinski definition) is 1. The molecule has 1 nitrogen and oxygen atoms in total. The summed E-state index contributed by atoms with van der Waals surface area (Å²) < 4.78 is 0. The summed E-state index contributed by atoms with van der Waals surface area (Å²) in [7, 11) is 0. The highest BCUT2D eigenvalue weighted by atomic mass is 35.5. The van der Waals surface area contributed by atoms with Crippen molar-refractivity contribution < 1.29 is 0 Å². The molecule has 0 aromatic heterocycles. The first-order chi connectivity index (χ1) is 8.88. The number of rotatable bonds is 7. The molecule has 0 saturated heterocycles. The lowest BCUT2D eigenvalue weighted by atomic mass is 9.79. The highest BCUT2D eigenvalue weighted by Gasteiger charge is 2.25. The minimum absolute atomic E-state index is 0.216. The second kappa shape index (κ2) is 7.52. The predicted octanol–water partition coefficient (Wildman–Crippen LogP) is 5.34. The fourth-order valence-corrected chi connectivity index (χ4v) is 2.83. The van der Waals surface area contributed by atoms with Crippen molar-refractivity contribution >= 4 is 23.2 Å². The molecule has 108 valence electrons. The molecular weight excluding hydrogens is 277 g/mol. The average molecular weight is 302 g/mol. The summed E-state index contributed by atoms with van der Waals surface area (Å²) in [5.74, 6) is 0. The predicted molar refractivity (Wildman–Crippen MR) is 86.3 cm³/mol. The Morgan fingerprint density at radius 3 is 2.53 bits per heavy atom. The van der Waals surface area contributed by atoms with Crippen LogP contribution in [0.4, 0.5) is 0 Å². The highest BCUT2D eigenvalue weighted by Crippen LogP contribution is 2.33. The Balaban J connectivity index is 2.85. The fourth-order valence-electron chi connectivity index (χ4n) is 2.44. The van der Waals surface area contributed by atoms with Crippen molar-refractivity contribution in [1.82, 2.24) is 5.32 Å². The SMILES string of the molecule is CCCC(C)(CNC(C)C)Cc1cccc(Cl)c1Cl. The van der Waals surface area contributed by atoms with Gasteiger partial charge in [-0.05, 0) is 29.9 Å². The summed E-state index contributed by atoms with van der Waals surface area (Å²) >= 11 is 12.4. The number of benzene rings is 1. The van der Waals surface area contributed by atoms with Gasteiger partial charge in [-0.3, -0.25) is 0 Å². The van der Waals surface area contributed by atoms with Gasteiger partial charge in [-0.25, -0.2) is 0 Å². The van der Waals surface area contributed by atoms with E-state index in [-0.39, 0.29) is 5.41 Å². The van der Waals surface area contributed by atoms with Crippen LogP contribution in [0.1, 0.15) is 46.1 Å². The third-order valence-corrected chi connectivity index (χ3v) is 4.30. The molecule has 0 radical (unpaired) electrons. The third-order valence-electron chi connectivity index (χ3n) is 3.44. The van der Waals surface area contributed by atoms with E-state index in [1.807, 2.05) is 12.1 Å². The van der Waals surface area contributed by atoms with E-state index in [1.54, 1.807) is 0 Å². The van der Waals surface area contributed by atoms with Crippen LogP contribution in [0.3, 0.4) is 0 Å². The summed E-state index contributed by atoms with van der Waals surface area (Å²) in [4.78, 5) is 0. The zero-order valence-corrected chi connectivity index (χ0v) is 13.9. The molecule has 0 aliphatic carbocycles. The largest absolute Gasteiger partial charge is 0.314 e. The van der Waals surface area contributed by atoms with Gasteiger partial charge in [-0.1, -0.05) is 69.5 Å². The van der Waals surface area contributed by atoms with E-state index in [1.165, 1.54) is 12.8 Å². The second-order valence-electron chi connectivity index (χ2n) is 5.99. The van der Waals surface area contributed by atoms with Gasteiger partial charge in [0.25, 0.3) is 0 Å². The van der Waals surface area contributed by atoms with Gasteiger partial charge in [0, 0.05) is 12.6 Å². The molecule has 0 fully saturated rings. The first kappa shape index (κ1) is 16.8. The van der Waals surface area contributed by atoms with Crippen molar-refractivity contribution in [3.05, 3.63) is 33.8 Å². The summed E-state index contributed by atoms with van der Waals surface area (Å²) in [6, 6.07) is 6.41. The Labute approximate surface area is 127 Å². The molecular formula is C16H25Cl2N. The molecule has 0 spiro atoms. The molecule has 0 bridgehead atoms. The molecule has 0 aliphatic rings. The summed E-state index contributed by atoms with van der Waals surface area (Å²) in [6.07, 6.45) is 3.31. The Hall–Kier alpha value is -0.240. The van der Waals surface area contributed by atoms with Crippen LogP contribution in [-0.2, 0) is 6.42 Å². The molecule has 1 atom stereocenters.